The SMILES string of the molecule is CC(C)(C)OC(=O)NCc1cc(C(O)c2cc(F)cc(OC(F)(F)C(F)F)c2)ccc1F.N#Cc1cc(C(=O)c2cc(F)cc(OC(F)(F)C(F)F)c2)ccc1F. The third-order valence-corrected chi connectivity index (χ3v) is 6.92. The molecule has 0 aliphatic carbocycles. The van der Waals surface area contributed by atoms with Gasteiger partial charge >= 0.3 is 31.2 Å². The molecule has 1 amide bonds. The zero-order valence-electron chi connectivity index (χ0n) is 29.3. The smallest absolute Gasteiger partial charge is 0.444 e. The van der Waals surface area contributed by atoms with Gasteiger partial charge in [0.2, 0.25) is 0 Å². The molecule has 20 heteroatoms. The highest BCUT2D eigenvalue weighted by atomic mass is 19.3. The monoisotopic (exact) mass is 824 g/mol. The number of amides is 1. The standard InChI is InChI=1S/C21H21F6NO4.C16H7F6NO2/c1-20(2,3)32-19(30)28-10-13-6-11(4-5-16(13)23)17(29)12-7-14(22)9-15(8-12)31-21(26,27)18(24)25;17-11-4-9(5-12(6-11)25-16(21,22)15(19)20)14(24)8-1-2-13(18)10(3-8)7-23/h4-9,17-18,29H,10H2,1-3H3,(H,28,30);1-6,15H. The van der Waals surface area contributed by atoms with E-state index < -0.39 is 94.5 Å². The number of ether oxygens (including phenoxy) is 3. The molecule has 0 heterocycles. The number of carbonyl (C=O) groups is 2. The van der Waals surface area contributed by atoms with E-state index in [1.54, 1.807) is 20.8 Å². The maximum Gasteiger partial charge on any atom is 0.461 e. The number of aliphatic hydroxyl groups excluding tert-OH is 1. The number of carbonyl (C=O) groups excluding carboxylic acids is 2. The van der Waals surface area contributed by atoms with Crippen molar-refractivity contribution in [2.75, 3.05) is 0 Å². The number of halogens is 12. The molecular weight excluding hydrogens is 796 g/mol. The third kappa shape index (κ3) is 13.1. The van der Waals surface area contributed by atoms with Gasteiger partial charge in [0.15, 0.2) is 5.78 Å². The van der Waals surface area contributed by atoms with Gasteiger partial charge in [-0.25, -0.2) is 22.4 Å². The zero-order valence-corrected chi connectivity index (χ0v) is 29.3. The summed E-state index contributed by atoms with van der Waals surface area (Å²) in [5, 5.41) is 21.6. The molecule has 0 radical (unpaired) electrons. The average Bonchev–Trinajstić information content (AvgIpc) is 3.09. The molecule has 4 aromatic carbocycles. The van der Waals surface area contributed by atoms with E-state index in [1.165, 1.54) is 6.07 Å². The van der Waals surface area contributed by atoms with E-state index in [4.69, 9.17) is 10.00 Å². The van der Waals surface area contributed by atoms with Gasteiger partial charge in [0.1, 0.15) is 52.5 Å². The summed E-state index contributed by atoms with van der Waals surface area (Å²) in [6.45, 7) is 4.61. The summed E-state index contributed by atoms with van der Waals surface area (Å²) in [4.78, 5) is 24.0. The lowest BCUT2D eigenvalue weighted by Crippen LogP contribution is -2.33. The Labute approximate surface area is 315 Å². The van der Waals surface area contributed by atoms with Crippen molar-refractivity contribution in [2.24, 2.45) is 0 Å². The molecule has 4 aromatic rings. The Kier molecular flexibility index (Phi) is 14.6. The maximum absolute atomic E-state index is 14.1. The first kappa shape index (κ1) is 45.4. The summed E-state index contributed by atoms with van der Waals surface area (Å²) in [5.41, 5.74) is -2.30. The van der Waals surface area contributed by atoms with E-state index in [0.29, 0.717) is 24.3 Å². The number of aliphatic hydroxyl groups is 1. The van der Waals surface area contributed by atoms with Crippen LogP contribution in [0, 0.1) is 34.6 Å². The fraction of sp³-hybridized carbons (Fsp3) is 0.270. The van der Waals surface area contributed by atoms with Gasteiger partial charge in [-0.15, -0.1) is 0 Å². The number of nitrogens with zero attached hydrogens (tertiary/aromatic N) is 1. The first-order valence-corrected chi connectivity index (χ1v) is 15.8. The minimum atomic E-state index is -4.88. The van der Waals surface area contributed by atoms with Crippen LogP contribution in [0.15, 0.2) is 72.8 Å². The maximum atomic E-state index is 14.1. The second-order valence-electron chi connectivity index (χ2n) is 12.6. The number of benzene rings is 4. The van der Waals surface area contributed by atoms with Crippen molar-refractivity contribution in [1.29, 1.82) is 5.26 Å². The lowest BCUT2D eigenvalue weighted by molar-refractivity contribution is -0.253. The van der Waals surface area contributed by atoms with Crippen LogP contribution in [0.2, 0.25) is 0 Å². The molecule has 8 nitrogen and oxygen atoms in total. The highest BCUT2D eigenvalue weighted by Gasteiger charge is 2.45. The van der Waals surface area contributed by atoms with Crippen LogP contribution in [0.5, 0.6) is 11.5 Å². The topological polar surface area (TPSA) is 118 Å². The highest BCUT2D eigenvalue weighted by Crippen LogP contribution is 2.33. The molecule has 57 heavy (non-hydrogen) atoms. The quantitative estimate of drug-likeness (QED) is 0.108. The molecule has 0 saturated heterocycles. The van der Waals surface area contributed by atoms with Crippen molar-refractivity contribution in [3.8, 4) is 17.6 Å². The second kappa shape index (κ2) is 18.3. The van der Waals surface area contributed by atoms with Crippen LogP contribution in [0.25, 0.3) is 0 Å². The summed E-state index contributed by atoms with van der Waals surface area (Å²) in [5.74, 6) is -6.80. The number of alkyl halides is 8. The van der Waals surface area contributed by atoms with Crippen LogP contribution in [-0.2, 0) is 11.3 Å². The van der Waals surface area contributed by atoms with Crippen LogP contribution in [-0.4, -0.2) is 47.7 Å². The second-order valence-corrected chi connectivity index (χ2v) is 12.6. The van der Waals surface area contributed by atoms with E-state index in [-0.39, 0.29) is 28.8 Å². The van der Waals surface area contributed by atoms with Gasteiger partial charge in [-0.1, -0.05) is 6.07 Å². The normalized spacial score (nSPS) is 12.3. The summed E-state index contributed by atoms with van der Waals surface area (Å²) < 4.78 is 168. The van der Waals surface area contributed by atoms with E-state index in [0.717, 1.165) is 48.5 Å². The molecule has 0 fully saturated rings. The van der Waals surface area contributed by atoms with E-state index in [9.17, 15) is 67.4 Å². The first-order chi connectivity index (χ1) is 26.3. The number of hydrogen-bond acceptors (Lipinski definition) is 7. The summed E-state index contributed by atoms with van der Waals surface area (Å²) in [6.07, 6.45) is -20.5. The minimum Gasteiger partial charge on any atom is -0.444 e. The van der Waals surface area contributed by atoms with Crippen molar-refractivity contribution in [3.05, 3.63) is 129 Å². The summed E-state index contributed by atoms with van der Waals surface area (Å²) in [6, 6.07) is 11.2. The number of nitriles is 1. The van der Waals surface area contributed by atoms with Crippen molar-refractivity contribution >= 4 is 11.9 Å². The number of alkyl carbamates (subject to hydrolysis) is 1. The van der Waals surface area contributed by atoms with Crippen LogP contribution in [0.1, 0.15) is 65.1 Å². The molecule has 0 bridgehead atoms. The van der Waals surface area contributed by atoms with Crippen LogP contribution >= 0.6 is 0 Å². The minimum absolute atomic E-state index is 0.0181. The van der Waals surface area contributed by atoms with E-state index in [1.807, 2.05) is 0 Å². The van der Waals surface area contributed by atoms with Crippen molar-refractivity contribution in [1.82, 2.24) is 5.32 Å². The molecule has 0 aliphatic heterocycles. The Hall–Kier alpha value is -5.97. The zero-order chi connectivity index (χ0) is 43.0. The van der Waals surface area contributed by atoms with Gasteiger partial charge in [0.05, 0.1) is 5.56 Å². The van der Waals surface area contributed by atoms with Gasteiger partial charge in [-0.2, -0.15) is 40.4 Å². The number of ketones is 1. The lowest BCUT2D eigenvalue weighted by atomic mass is 9.99. The van der Waals surface area contributed by atoms with Crippen LogP contribution in [0.4, 0.5) is 57.5 Å². The molecule has 0 aliphatic rings. The van der Waals surface area contributed by atoms with Crippen LogP contribution in [0.3, 0.4) is 0 Å². The molecule has 1 atom stereocenters. The fourth-order valence-electron chi connectivity index (χ4n) is 4.45. The molecule has 0 spiro atoms. The lowest BCUT2D eigenvalue weighted by Gasteiger charge is -2.20. The third-order valence-electron chi connectivity index (χ3n) is 6.92. The highest BCUT2D eigenvalue weighted by molar-refractivity contribution is 6.09. The predicted octanol–water partition coefficient (Wildman–Crippen LogP) is 9.61. The van der Waals surface area contributed by atoms with Crippen LogP contribution < -0.4 is 14.8 Å². The molecular formula is C37H28F12N2O6. The number of hydrogen-bond donors (Lipinski definition) is 2. The van der Waals surface area contributed by atoms with Crippen molar-refractivity contribution in [2.45, 2.75) is 64.1 Å². The molecule has 1 unspecified atom stereocenters. The van der Waals surface area contributed by atoms with E-state index >= 15 is 0 Å². The average molecular weight is 825 g/mol. The molecule has 4 rings (SSSR count). The Morgan fingerprint density at radius 2 is 1.26 bits per heavy atom. The van der Waals surface area contributed by atoms with Crippen molar-refractivity contribution in [3.63, 3.8) is 0 Å². The first-order valence-electron chi connectivity index (χ1n) is 15.8. The molecule has 306 valence electrons. The summed E-state index contributed by atoms with van der Waals surface area (Å²) in [7, 11) is 0. The Balaban J connectivity index is 0.000000315. The number of rotatable bonds is 12. The Morgan fingerprint density at radius 1 is 0.719 bits per heavy atom. The predicted molar refractivity (Wildman–Crippen MR) is 174 cm³/mol. The summed E-state index contributed by atoms with van der Waals surface area (Å²) >= 11 is 0. The molecule has 0 saturated carbocycles. The fourth-order valence-corrected chi connectivity index (χ4v) is 4.45. The molecule has 2 N–H and O–H groups in total. The Morgan fingerprint density at radius 3 is 1.81 bits per heavy atom. The van der Waals surface area contributed by atoms with Gasteiger partial charge < -0.3 is 24.6 Å². The Bertz CT molecular complexity index is 2120. The number of nitrogens with one attached hydrogen (secondary N) is 1. The van der Waals surface area contributed by atoms with Gasteiger partial charge in [-0.05, 0) is 86.5 Å². The van der Waals surface area contributed by atoms with E-state index in [2.05, 4.69) is 14.8 Å². The van der Waals surface area contributed by atoms with Gasteiger partial charge in [-0.3, -0.25) is 4.79 Å². The van der Waals surface area contributed by atoms with Gasteiger partial charge in [0.25, 0.3) is 0 Å². The van der Waals surface area contributed by atoms with Gasteiger partial charge in [0, 0.05) is 35.4 Å². The van der Waals surface area contributed by atoms with Crippen molar-refractivity contribution < 1.29 is 81.6 Å². The largest absolute Gasteiger partial charge is 0.461 e. The molecule has 0 aromatic heterocycles.